The molecule has 9 heteroatoms. The van der Waals surface area contributed by atoms with Crippen molar-refractivity contribution in [2.45, 2.75) is 23.7 Å². The summed E-state index contributed by atoms with van der Waals surface area (Å²) < 4.78 is 7.55. The number of benzene rings is 1. The molecule has 29 heavy (non-hydrogen) atoms. The minimum atomic E-state index is -1.12. The third-order valence-electron chi connectivity index (χ3n) is 4.76. The molecule has 0 radical (unpaired) electrons. The van der Waals surface area contributed by atoms with E-state index >= 15 is 0 Å². The fourth-order valence-electron chi connectivity index (χ4n) is 3.24. The van der Waals surface area contributed by atoms with Crippen molar-refractivity contribution >= 4 is 29.5 Å². The first-order valence-electron chi connectivity index (χ1n) is 9.28. The average Bonchev–Trinajstić information content (AvgIpc) is 2.73. The number of methoxy groups -OCH3 is 1. The third-order valence-corrected chi connectivity index (χ3v) is 5.82. The lowest BCUT2D eigenvalue weighted by atomic mass is 9.90. The first-order chi connectivity index (χ1) is 14.0. The van der Waals surface area contributed by atoms with E-state index < -0.39 is 18.4 Å². The smallest absolute Gasteiger partial charge is 0.322 e. The number of nitrogens with one attached hydrogen (secondary N) is 1. The number of nitrogen functional groups attached to an aromatic ring is 1. The number of carboxylic acids is 1. The Morgan fingerprint density at radius 3 is 2.62 bits per heavy atom. The second-order valence-corrected chi connectivity index (χ2v) is 7.93. The van der Waals surface area contributed by atoms with E-state index in [1.165, 1.54) is 12.7 Å². The normalized spacial score (nSPS) is 15.1. The molecule has 2 aromatic rings. The number of carbonyl (C=O) groups excluding carboxylic acids is 1. The zero-order chi connectivity index (χ0) is 20.8. The van der Waals surface area contributed by atoms with Crippen LogP contribution in [0.1, 0.15) is 34.8 Å². The molecule has 1 amide bonds. The zero-order valence-electron chi connectivity index (χ0n) is 16.1. The number of pyridine rings is 1. The summed E-state index contributed by atoms with van der Waals surface area (Å²) in [5.74, 6) is -0.855. The Morgan fingerprint density at radius 1 is 1.31 bits per heavy atom. The van der Waals surface area contributed by atoms with E-state index in [4.69, 9.17) is 15.6 Å². The van der Waals surface area contributed by atoms with Gasteiger partial charge in [0, 0.05) is 29.9 Å². The molecule has 154 valence electrons. The molecule has 1 saturated heterocycles. The van der Waals surface area contributed by atoms with Gasteiger partial charge in [-0.15, -0.1) is 0 Å². The third kappa shape index (κ3) is 5.61. The van der Waals surface area contributed by atoms with Gasteiger partial charge < -0.3 is 20.9 Å². The maximum atomic E-state index is 12.1. The predicted octanol–water partition coefficient (Wildman–Crippen LogP) is 2.37. The van der Waals surface area contributed by atoms with Crippen LogP contribution in [-0.2, 0) is 4.79 Å². The molecular weight excluding hydrogens is 392 g/mol. The van der Waals surface area contributed by atoms with E-state index in [-0.39, 0.29) is 5.69 Å². The number of carboxylic acid groups (broad SMARTS) is 1. The highest BCUT2D eigenvalue weighted by Gasteiger charge is 2.22. The molecule has 1 aliphatic heterocycles. The standard InChI is InChI=1S/C20H24N4O4S/c1-28-17-10-16(11-22-19(17)20(27)23-12-18(25)26)29-24-8-6-14(7-9-24)13-2-4-15(21)5-3-13/h2-5,10-11,14H,6-9,12,21H2,1H3,(H,23,27)(H,25,26). The van der Waals surface area contributed by atoms with E-state index in [0.29, 0.717) is 11.7 Å². The van der Waals surface area contributed by atoms with Crippen molar-refractivity contribution in [3.8, 4) is 5.75 Å². The summed E-state index contributed by atoms with van der Waals surface area (Å²) in [6.45, 7) is 1.40. The zero-order valence-corrected chi connectivity index (χ0v) is 16.9. The van der Waals surface area contributed by atoms with Crippen molar-refractivity contribution in [1.29, 1.82) is 0 Å². The van der Waals surface area contributed by atoms with Crippen LogP contribution in [0.25, 0.3) is 0 Å². The van der Waals surface area contributed by atoms with E-state index in [0.717, 1.165) is 36.5 Å². The van der Waals surface area contributed by atoms with E-state index in [9.17, 15) is 9.59 Å². The van der Waals surface area contributed by atoms with Crippen LogP contribution in [0.5, 0.6) is 5.75 Å². The number of ether oxygens (including phenoxy) is 1. The van der Waals surface area contributed by atoms with Crippen LogP contribution in [0.15, 0.2) is 41.4 Å². The summed E-state index contributed by atoms with van der Waals surface area (Å²) in [5, 5.41) is 11.0. The Kier molecular flexibility index (Phi) is 6.95. The monoisotopic (exact) mass is 416 g/mol. The Labute approximate surface area is 173 Å². The molecule has 1 fully saturated rings. The van der Waals surface area contributed by atoms with Crippen molar-refractivity contribution in [1.82, 2.24) is 14.6 Å². The van der Waals surface area contributed by atoms with Gasteiger partial charge in [0.25, 0.3) is 5.91 Å². The van der Waals surface area contributed by atoms with Crippen molar-refractivity contribution < 1.29 is 19.4 Å². The molecule has 4 N–H and O–H groups in total. The maximum Gasteiger partial charge on any atom is 0.322 e. The van der Waals surface area contributed by atoms with Crippen LogP contribution < -0.4 is 15.8 Å². The number of hydrogen-bond acceptors (Lipinski definition) is 7. The average molecular weight is 417 g/mol. The van der Waals surface area contributed by atoms with E-state index in [1.54, 1.807) is 24.2 Å². The van der Waals surface area contributed by atoms with E-state index in [1.807, 2.05) is 12.1 Å². The fourth-order valence-corrected chi connectivity index (χ4v) is 4.19. The number of carbonyl (C=O) groups is 2. The van der Waals surface area contributed by atoms with Crippen LogP contribution in [0, 0.1) is 0 Å². The van der Waals surface area contributed by atoms with Gasteiger partial charge in [-0.1, -0.05) is 12.1 Å². The Hall–Kier alpha value is -2.78. The molecule has 0 saturated carbocycles. The predicted molar refractivity (Wildman–Crippen MR) is 111 cm³/mol. The summed E-state index contributed by atoms with van der Waals surface area (Å²) in [7, 11) is 1.46. The number of nitrogens with two attached hydrogens (primary N) is 1. The molecule has 2 heterocycles. The number of hydrogen-bond donors (Lipinski definition) is 3. The van der Waals surface area contributed by atoms with Crippen LogP contribution in [0.2, 0.25) is 0 Å². The van der Waals surface area contributed by atoms with Crippen LogP contribution in [0.3, 0.4) is 0 Å². The lowest BCUT2D eigenvalue weighted by Gasteiger charge is -2.31. The molecule has 3 rings (SSSR count). The molecular formula is C20H24N4O4S. The summed E-state index contributed by atoms with van der Waals surface area (Å²) in [6.07, 6.45) is 3.71. The molecule has 0 aliphatic carbocycles. The van der Waals surface area contributed by atoms with Crippen LogP contribution >= 0.6 is 11.9 Å². The maximum absolute atomic E-state index is 12.1. The highest BCUT2D eigenvalue weighted by Crippen LogP contribution is 2.34. The van der Waals surface area contributed by atoms with Crippen LogP contribution in [0.4, 0.5) is 5.69 Å². The lowest BCUT2D eigenvalue weighted by molar-refractivity contribution is -0.135. The molecule has 1 aromatic heterocycles. The van der Waals surface area contributed by atoms with Crippen molar-refractivity contribution in [3.63, 3.8) is 0 Å². The molecule has 0 unspecified atom stereocenters. The summed E-state index contributed by atoms with van der Waals surface area (Å²) in [4.78, 5) is 27.7. The number of piperidine rings is 1. The first kappa shape index (κ1) is 20.9. The summed E-state index contributed by atoms with van der Waals surface area (Å²) in [5.41, 5.74) is 7.94. The van der Waals surface area contributed by atoms with Gasteiger partial charge in [-0.2, -0.15) is 0 Å². The minimum absolute atomic E-state index is 0.0696. The number of anilines is 1. The van der Waals surface area contributed by atoms with Gasteiger partial charge in [-0.25, -0.2) is 9.29 Å². The topological polar surface area (TPSA) is 118 Å². The van der Waals surface area contributed by atoms with Gasteiger partial charge >= 0.3 is 5.97 Å². The summed E-state index contributed by atoms with van der Waals surface area (Å²) in [6, 6.07) is 9.85. The van der Waals surface area contributed by atoms with Crippen molar-refractivity contribution in [2.24, 2.45) is 0 Å². The lowest BCUT2D eigenvalue weighted by Crippen LogP contribution is -2.30. The molecule has 0 spiro atoms. The first-order valence-corrected chi connectivity index (χ1v) is 10.1. The number of nitrogens with zero attached hydrogens (tertiary/aromatic N) is 2. The summed E-state index contributed by atoms with van der Waals surface area (Å²) >= 11 is 1.58. The van der Waals surface area contributed by atoms with Crippen molar-refractivity contribution in [3.05, 3.63) is 47.8 Å². The van der Waals surface area contributed by atoms with Gasteiger partial charge in [0.15, 0.2) is 11.4 Å². The SMILES string of the molecule is COc1cc(SN2CCC(c3ccc(N)cc3)CC2)cnc1C(=O)NCC(=O)O. The second kappa shape index (κ2) is 9.62. The van der Waals surface area contributed by atoms with Gasteiger partial charge in [0.1, 0.15) is 6.54 Å². The van der Waals surface area contributed by atoms with Gasteiger partial charge in [0.2, 0.25) is 0 Å². The molecule has 0 bridgehead atoms. The molecule has 1 aliphatic rings. The Balaban J connectivity index is 1.58. The molecule has 8 nitrogen and oxygen atoms in total. The van der Waals surface area contributed by atoms with Gasteiger partial charge in [0.05, 0.1) is 7.11 Å². The number of rotatable bonds is 7. The Morgan fingerprint density at radius 2 is 2.00 bits per heavy atom. The molecule has 0 atom stereocenters. The fraction of sp³-hybridized carbons (Fsp3) is 0.350. The van der Waals surface area contributed by atoms with Gasteiger partial charge in [-0.3, -0.25) is 9.59 Å². The Bertz CT molecular complexity index is 867. The van der Waals surface area contributed by atoms with Crippen molar-refractivity contribution in [2.75, 3.05) is 32.5 Å². The quantitative estimate of drug-likeness (QED) is 0.465. The number of aromatic nitrogens is 1. The van der Waals surface area contributed by atoms with Gasteiger partial charge in [-0.05, 0) is 54.5 Å². The second-order valence-electron chi connectivity index (χ2n) is 6.76. The van der Waals surface area contributed by atoms with E-state index in [2.05, 4.69) is 26.7 Å². The largest absolute Gasteiger partial charge is 0.494 e. The number of aliphatic carboxylic acids is 1. The van der Waals surface area contributed by atoms with Crippen LogP contribution in [-0.4, -0.2) is 53.0 Å². The minimum Gasteiger partial charge on any atom is -0.494 e. The molecule has 1 aromatic carbocycles. The highest BCUT2D eigenvalue weighted by atomic mass is 32.2. The number of amides is 1. The highest BCUT2D eigenvalue weighted by molar-refractivity contribution is 7.97.